The summed E-state index contributed by atoms with van der Waals surface area (Å²) in [6, 6.07) is 10.3. The van der Waals surface area contributed by atoms with E-state index in [4.69, 9.17) is 11.6 Å². The number of aromatic amines is 1. The third kappa shape index (κ3) is 4.23. The Hall–Kier alpha value is -2.01. The number of rotatable bonds is 7. The van der Waals surface area contributed by atoms with Gasteiger partial charge in [-0.1, -0.05) is 29.8 Å². The van der Waals surface area contributed by atoms with E-state index in [1.807, 2.05) is 18.2 Å². The monoisotopic (exact) mass is 306 g/mol. The molecule has 6 heteroatoms. The number of nitrogens with zero attached hydrogens (tertiary/aromatic N) is 2. The van der Waals surface area contributed by atoms with Crippen molar-refractivity contribution in [2.75, 3.05) is 29.9 Å². The van der Waals surface area contributed by atoms with Crippen molar-refractivity contribution in [1.82, 2.24) is 10.2 Å². The van der Waals surface area contributed by atoms with Gasteiger partial charge in [-0.3, -0.25) is 4.79 Å². The maximum absolute atomic E-state index is 11.3. The SMILES string of the molecule is CCN(CCCNc1cn[nH]c(=O)c1Cl)c1ccccc1. The minimum absolute atomic E-state index is 0.153. The van der Waals surface area contributed by atoms with Gasteiger partial charge >= 0.3 is 0 Å². The zero-order valence-electron chi connectivity index (χ0n) is 12.0. The lowest BCUT2D eigenvalue weighted by molar-refractivity contribution is 0.768. The van der Waals surface area contributed by atoms with Crippen LogP contribution in [0.4, 0.5) is 11.4 Å². The predicted molar refractivity (Wildman–Crippen MR) is 87.3 cm³/mol. The molecule has 0 aliphatic rings. The number of anilines is 2. The highest BCUT2D eigenvalue weighted by Crippen LogP contribution is 2.15. The third-order valence-corrected chi connectivity index (χ3v) is 3.59. The highest BCUT2D eigenvalue weighted by molar-refractivity contribution is 6.32. The number of aromatic nitrogens is 2. The average Bonchev–Trinajstić information content (AvgIpc) is 2.52. The van der Waals surface area contributed by atoms with Crippen molar-refractivity contribution >= 4 is 23.0 Å². The topological polar surface area (TPSA) is 61.0 Å². The van der Waals surface area contributed by atoms with Gasteiger partial charge in [-0.2, -0.15) is 5.10 Å². The average molecular weight is 307 g/mol. The molecule has 0 amide bonds. The van der Waals surface area contributed by atoms with E-state index in [0.717, 1.165) is 26.1 Å². The zero-order valence-corrected chi connectivity index (χ0v) is 12.7. The molecule has 0 bridgehead atoms. The maximum atomic E-state index is 11.3. The predicted octanol–water partition coefficient (Wildman–Crippen LogP) is 2.75. The van der Waals surface area contributed by atoms with Gasteiger partial charge in [-0.25, -0.2) is 5.10 Å². The first kappa shape index (κ1) is 15.4. The Morgan fingerprint density at radius 3 is 2.81 bits per heavy atom. The molecule has 1 aromatic carbocycles. The molecule has 0 saturated carbocycles. The van der Waals surface area contributed by atoms with Crippen molar-refractivity contribution in [2.45, 2.75) is 13.3 Å². The molecule has 0 saturated heterocycles. The number of H-pyrrole nitrogens is 1. The fourth-order valence-corrected chi connectivity index (χ4v) is 2.27. The molecule has 0 aliphatic carbocycles. The second-order valence-electron chi connectivity index (χ2n) is 4.62. The summed E-state index contributed by atoms with van der Waals surface area (Å²) in [6.45, 7) is 4.76. The van der Waals surface area contributed by atoms with Gasteiger partial charge in [0.25, 0.3) is 5.56 Å². The van der Waals surface area contributed by atoms with Crippen LogP contribution in [0.3, 0.4) is 0 Å². The van der Waals surface area contributed by atoms with Gasteiger partial charge in [0.1, 0.15) is 5.02 Å². The van der Waals surface area contributed by atoms with Gasteiger partial charge in [0.15, 0.2) is 0 Å². The van der Waals surface area contributed by atoms with E-state index in [0.29, 0.717) is 5.69 Å². The number of benzene rings is 1. The molecule has 2 aromatic rings. The van der Waals surface area contributed by atoms with Crippen LogP contribution in [0, 0.1) is 0 Å². The lowest BCUT2D eigenvalue weighted by atomic mass is 10.2. The minimum atomic E-state index is -0.374. The highest BCUT2D eigenvalue weighted by atomic mass is 35.5. The first-order chi connectivity index (χ1) is 10.2. The maximum Gasteiger partial charge on any atom is 0.285 e. The van der Waals surface area contributed by atoms with Crippen LogP contribution in [0.5, 0.6) is 0 Å². The molecule has 0 unspecified atom stereocenters. The van der Waals surface area contributed by atoms with E-state index < -0.39 is 0 Å². The van der Waals surface area contributed by atoms with Crippen molar-refractivity contribution in [3.05, 3.63) is 51.9 Å². The van der Waals surface area contributed by atoms with Crippen molar-refractivity contribution < 1.29 is 0 Å². The molecule has 112 valence electrons. The van der Waals surface area contributed by atoms with Crippen molar-refractivity contribution in [3.63, 3.8) is 0 Å². The second-order valence-corrected chi connectivity index (χ2v) is 5.00. The Morgan fingerprint density at radius 2 is 2.10 bits per heavy atom. The first-order valence-corrected chi connectivity index (χ1v) is 7.37. The molecule has 2 N–H and O–H groups in total. The molecule has 0 spiro atoms. The summed E-state index contributed by atoms with van der Waals surface area (Å²) >= 11 is 5.90. The van der Waals surface area contributed by atoms with Crippen LogP contribution in [0.25, 0.3) is 0 Å². The van der Waals surface area contributed by atoms with Gasteiger partial charge in [-0.15, -0.1) is 0 Å². The summed E-state index contributed by atoms with van der Waals surface area (Å²) in [4.78, 5) is 13.6. The van der Waals surface area contributed by atoms with E-state index >= 15 is 0 Å². The Balaban J connectivity index is 1.84. The third-order valence-electron chi connectivity index (χ3n) is 3.22. The molecular formula is C15H19ClN4O. The van der Waals surface area contributed by atoms with Crippen LogP contribution in [-0.2, 0) is 0 Å². The Kier molecular flexibility index (Phi) is 5.63. The lowest BCUT2D eigenvalue weighted by Gasteiger charge is -2.23. The summed E-state index contributed by atoms with van der Waals surface area (Å²) in [5.74, 6) is 0. The molecule has 5 nitrogen and oxygen atoms in total. The van der Waals surface area contributed by atoms with Gasteiger partial charge in [0.05, 0.1) is 11.9 Å². The standard InChI is InChI=1S/C15H19ClN4O/c1-2-20(12-7-4-3-5-8-12)10-6-9-17-13-11-18-19-15(21)14(13)16/h3-5,7-8,11H,2,6,9-10H2,1H3,(H2,17,19,21). The summed E-state index contributed by atoms with van der Waals surface area (Å²) in [7, 11) is 0. The molecule has 0 radical (unpaired) electrons. The molecule has 0 fully saturated rings. The molecule has 21 heavy (non-hydrogen) atoms. The van der Waals surface area contributed by atoms with Crippen LogP contribution < -0.4 is 15.8 Å². The van der Waals surface area contributed by atoms with E-state index in [-0.39, 0.29) is 10.6 Å². The normalized spacial score (nSPS) is 10.4. The Labute approximate surface area is 128 Å². The fourth-order valence-electron chi connectivity index (χ4n) is 2.11. The van der Waals surface area contributed by atoms with E-state index in [1.165, 1.54) is 11.9 Å². The molecule has 1 heterocycles. The van der Waals surface area contributed by atoms with Crippen LogP contribution in [-0.4, -0.2) is 29.8 Å². The number of hydrogen-bond donors (Lipinski definition) is 2. The smallest absolute Gasteiger partial charge is 0.285 e. The van der Waals surface area contributed by atoms with E-state index in [9.17, 15) is 4.79 Å². The fraction of sp³-hybridized carbons (Fsp3) is 0.333. The molecule has 0 aliphatic heterocycles. The van der Waals surface area contributed by atoms with Crippen molar-refractivity contribution in [3.8, 4) is 0 Å². The minimum Gasteiger partial charge on any atom is -0.382 e. The van der Waals surface area contributed by atoms with Crippen molar-refractivity contribution in [2.24, 2.45) is 0 Å². The van der Waals surface area contributed by atoms with E-state index in [1.54, 1.807) is 0 Å². The first-order valence-electron chi connectivity index (χ1n) is 6.99. The van der Waals surface area contributed by atoms with Gasteiger partial charge in [0.2, 0.25) is 0 Å². The van der Waals surface area contributed by atoms with Gasteiger partial charge < -0.3 is 10.2 Å². The molecule has 2 rings (SSSR count). The van der Waals surface area contributed by atoms with Gasteiger partial charge in [0, 0.05) is 25.3 Å². The number of para-hydroxylation sites is 1. The summed E-state index contributed by atoms with van der Waals surface area (Å²) in [5.41, 5.74) is 1.42. The number of hydrogen-bond acceptors (Lipinski definition) is 4. The van der Waals surface area contributed by atoms with Crippen LogP contribution in [0.2, 0.25) is 5.02 Å². The summed E-state index contributed by atoms with van der Waals surface area (Å²) in [5, 5.41) is 9.32. The van der Waals surface area contributed by atoms with E-state index in [2.05, 4.69) is 39.5 Å². The Bertz CT molecular complexity index is 615. The lowest BCUT2D eigenvalue weighted by Crippen LogP contribution is -2.25. The molecule has 0 atom stereocenters. The quantitative estimate of drug-likeness (QED) is 0.772. The largest absolute Gasteiger partial charge is 0.382 e. The number of halogens is 1. The number of nitrogens with one attached hydrogen (secondary N) is 2. The van der Waals surface area contributed by atoms with Crippen LogP contribution >= 0.6 is 11.6 Å². The second kappa shape index (κ2) is 7.69. The van der Waals surface area contributed by atoms with Crippen LogP contribution in [0.1, 0.15) is 13.3 Å². The zero-order chi connectivity index (χ0) is 15.1. The van der Waals surface area contributed by atoms with Crippen LogP contribution in [0.15, 0.2) is 41.3 Å². The highest BCUT2D eigenvalue weighted by Gasteiger charge is 2.05. The van der Waals surface area contributed by atoms with Gasteiger partial charge in [-0.05, 0) is 25.5 Å². The Morgan fingerprint density at radius 1 is 1.33 bits per heavy atom. The summed E-state index contributed by atoms with van der Waals surface area (Å²) < 4.78 is 0. The molecule has 1 aromatic heterocycles. The summed E-state index contributed by atoms with van der Waals surface area (Å²) in [6.07, 6.45) is 2.46. The van der Waals surface area contributed by atoms with Crippen molar-refractivity contribution in [1.29, 1.82) is 0 Å². The molecular weight excluding hydrogens is 288 g/mol.